The zero-order valence-electron chi connectivity index (χ0n) is 15.0. The van der Waals surface area contributed by atoms with Crippen LogP contribution in [-0.4, -0.2) is 42.6 Å². The summed E-state index contributed by atoms with van der Waals surface area (Å²) in [6.07, 6.45) is -2.28. The van der Waals surface area contributed by atoms with E-state index in [1.807, 2.05) is 0 Å². The molecule has 0 aliphatic carbocycles. The summed E-state index contributed by atoms with van der Waals surface area (Å²) in [7, 11) is -1.08. The molecule has 0 radical (unpaired) electrons. The van der Waals surface area contributed by atoms with Crippen LogP contribution >= 0.6 is 0 Å². The molecule has 1 N–H and O–H groups in total. The predicted molar refractivity (Wildman–Crippen MR) is 97.8 cm³/mol. The molecule has 1 aromatic carbocycles. The van der Waals surface area contributed by atoms with Crippen LogP contribution < -0.4 is 10.4 Å². The first-order chi connectivity index (χ1) is 13.3. The van der Waals surface area contributed by atoms with E-state index < -0.39 is 30.2 Å². The average Bonchev–Trinajstić information content (AvgIpc) is 2.60. The van der Waals surface area contributed by atoms with E-state index in [0.29, 0.717) is 37.1 Å². The van der Waals surface area contributed by atoms with Gasteiger partial charge in [-0.05, 0) is 35.5 Å². The van der Waals surface area contributed by atoms with Crippen LogP contribution in [0.1, 0.15) is 33.5 Å². The first-order valence-electron chi connectivity index (χ1n) is 9.09. The fourth-order valence-corrected chi connectivity index (χ4v) is 3.48. The van der Waals surface area contributed by atoms with E-state index in [9.17, 15) is 23.0 Å². The van der Waals surface area contributed by atoms with Gasteiger partial charge in [-0.15, -0.1) is 0 Å². The van der Waals surface area contributed by atoms with Gasteiger partial charge >= 0.3 is 13.3 Å². The molecule has 28 heavy (non-hydrogen) atoms. The largest absolute Gasteiger partial charge is 0.491 e. The Bertz CT molecular complexity index is 916. The Labute approximate surface area is 160 Å². The molecule has 0 saturated carbocycles. The topological polar surface area (TPSA) is 62.7 Å². The average molecular weight is 390 g/mol. The highest BCUT2D eigenvalue weighted by atomic mass is 19.4. The fourth-order valence-electron chi connectivity index (χ4n) is 3.48. The van der Waals surface area contributed by atoms with Gasteiger partial charge in [0.2, 0.25) is 0 Å². The van der Waals surface area contributed by atoms with Gasteiger partial charge in [-0.25, -0.2) is 4.98 Å². The van der Waals surface area contributed by atoms with Gasteiger partial charge in [0.1, 0.15) is 5.82 Å². The van der Waals surface area contributed by atoms with E-state index in [1.54, 1.807) is 23.1 Å². The lowest BCUT2D eigenvalue weighted by atomic mass is 9.72. The minimum atomic E-state index is -4.65. The molecule has 0 bridgehead atoms. The summed E-state index contributed by atoms with van der Waals surface area (Å²) < 4.78 is 45.8. The number of alkyl halides is 3. The summed E-state index contributed by atoms with van der Waals surface area (Å²) in [5, 5.41) is 9.93. The van der Waals surface area contributed by atoms with E-state index in [-0.39, 0.29) is 12.2 Å². The minimum absolute atomic E-state index is 0.214. The molecule has 4 rings (SSSR count). The zero-order valence-corrected chi connectivity index (χ0v) is 15.0. The third kappa shape index (κ3) is 3.64. The maximum atomic E-state index is 13.5. The second-order valence-electron chi connectivity index (χ2n) is 7.03. The Hall–Kier alpha value is -2.39. The lowest BCUT2D eigenvalue weighted by molar-refractivity contribution is -0.137. The number of carbonyl (C=O) groups is 1. The summed E-state index contributed by atoms with van der Waals surface area (Å²) in [4.78, 5) is 18.5. The molecule has 1 aromatic heterocycles. The Balaban J connectivity index is 1.62. The molecule has 3 heterocycles. The standard InChI is InChI=1S/C19H18BF3N2O3/c21-19(22,23)15-10-18(25-5-1-6-25)24-11-14(15)17(26)9-12-2-3-13-4-7-28-20(27)16(13)8-12/h2-3,8,10-11,27H,1,4-7,9H2. The summed E-state index contributed by atoms with van der Waals surface area (Å²) in [6, 6.07) is 6.05. The third-order valence-electron chi connectivity index (χ3n) is 5.16. The lowest BCUT2D eigenvalue weighted by Crippen LogP contribution is -2.41. The molecule has 2 aliphatic heterocycles. The van der Waals surface area contributed by atoms with Gasteiger partial charge in [0.05, 0.1) is 5.56 Å². The number of Topliss-reactive ketones (excluding diaryl/α,β-unsaturated/α-hetero) is 1. The highest BCUT2D eigenvalue weighted by Crippen LogP contribution is 2.35. The molecule has 0 amide bonds. The van der Waals surface area contributed by atoms with Crippen LogP contribution in [0, 0.1) is 0 Å². The zero-order chi connectivity index (χ0) is 19.9. The van der Waals surface area contributed by atoms with Gasteiger partial charge in [-0.1, -0.05) is 18.2 Å². The highest BCUT2D eigenvalue weighted by molar-refractivity contribution is 6.60. The number of anilines is 1. The van der Waals surface area contributed by atoms with E-state index >= 15 is 0 Å². The van der Waals surface area contributed by atoms with Crippen molar-refractivity contribution in [3.63, 3.8) is 0 Å². The molecule has 0 atom stereocenters. The van der Waals surface area contributed by atoms with Gasteiger partial charge in [0, 0.05) is 37.9 Å². The van der Waals surface area contributed by atoms with Gasteiger partial charge in [0.25, 0.3) is 0 Å². The number of halogens is 3. The molecule has 1 saturated heterocycles. The minimum Gasteiger partial charge on any atom is -0.423 e. The number of carbonyl (C=O) groups excluding carboxylic acids is 1. The van der Waals surface area contributed by atoms with Gasteiger partial charge in [0.15, 0.2) is 5.78 Å². The van der Waals surface area contributed by atoms with Crippen molar-refractivity contribution in [3.05, 3.63) is 52.7 Å². The van der Waals surface area contributed by atoms with Crippen LogP contribution in [0.5, 0.6) is 0 Å². The molecular weight excluding hydrogens is 372 g/mol. The Kier molecular flexibility index (Phi) is 4.88. The van der Waals surface area contributed by atoms with Crippen LogP contribution in [-0.2, 0) is 23.7 Å². The lowest BCUT2D eigenvalue weighted by Gasteiger charge is -2.32. The van der Waals surface area contributed by atoms with Crippen molar-refractivity contribution in [1.29, 1.82) is 0 Å². The molecular formula is C19H18BF3N2O3. The number of fused-ring (bicyclic) bond motifs is 1. The fraction of sp³-hybridized carbons (Fsp3) is 0.368. The monoisotopic (exact) mass is 390 g/mol. The Morgan fingerprint density at radius 2 is 2.07 bits per heavy atom. The summed E-state index contributed by atoms with van der Waals surface area (Å²) in [5.41, 5.74) is 0.584. The van der Waals surface area contributed by atoms with Crippen LogP contribution in [0.4, 0.5) is 19.0 Å². The second-order valence-corrected chi connectivity index (χ2v) is 7.03. The number of rotatable bonds is 4. The number of ketones is 1. The molecule has 1 fully saturated rings. The van der Waals surface area contributed by atoms with E-state index in [2.05, 4.69) is 4.98 Å². The van der Waals surface area contributed by atoms with Gasteiger partial charge < -0.3 is 14.6 Å². The normalized spacial score (nSPS) is 16.6. The predicted octanol–water partition coefficient (Wildman–Crippen LogP) is 2.00. The van der Waals surface area contributed by atoms with Crippen molar-refractivity contribution in [2.24, 2.45) is 0 Å². The number of benzene rings is 1. The molecule has 2 aromatic rings. The van der Waals surface area contributed by atoms with Gasteiger partial charge in [-0.2, -0.15) is 13.2 Å². The smallest absolute Gasteiger partial charge is 0.423 e. The number of aromatic nitrogens is 1. The number of pyridine rings is 1. The van der Waals surface area contributed by atoms with Crippen LogP contribution in [0.2, 0.25) is 0 Å². The maximum Gasteiger partial charge on any atom is 0.491 e. The van der Waals surface area contributed by atoms with E-state index in [0.717, 1.165) is 24.2 Å². The van der Waals surface area contributed by atoms with Crippen molar-refractivity contribution >= 4 is 24.2 Å². The molecule has 9 heteroatoms. The van der Waals surface area contributed by atoms with Crippen LogP contribution in [0.25, 0.3) is 0 Å². The summed E-state index contributed by atoms with van der Waals surface area (Å²) in [6.45, 7) is 1.73. The number of hydrogen-bond acceptors (Lipinski definition) is 5. The van der Waals surface area contributed by atoms with Crippen molar-refractivity contribution in [3.8, 4) is 0 Å². The Morgan fingerprint density at radius 1 is 1.29 bits per heavy atom. The number of hydrogen-bond donors (Lipinski definition) is 1. The highest BCUT2D eigenvalue weighted by Gasteiger charge is 2.37. The maximum absolute atomic E-state index is 13.5. The van der Waals surface area contributed by atoms with Crippen molar-refractivity contribution in [1.82, 2.24) is 4.98 Å². The first kappa shape index (κ1) is 19.0. The van der Waals surface area contributed by atoms with E-state index in [4.69, 9.17) is 4.65 Å². The Morgan fingerprint density at radius 3 is 2.75 bits per heavy atom. The van der Waals surface area contributed by atoms with Crippen LogP contribution in [0.15, 0.2) is 30.5 Å². The van der Waals surface area contributed by atoms with Crippen LogP contribution in [0.3, 0.4) is 0 Å². The van der Waals surface area contributed by atoms with Crippen molar-refractivity contribution in [2.75, 3.05) is 24.6 Å². The van der Waals surface area contributed by atoms with Crippen molar-refractivity contribution < 1.29 is 27.6 Å². The molecule has 5 nitrogen and oxygen atoms in total. The number of nitrogens with zero attached hydrogens (tertiary/aromatic N) is 2. The summed E-state index contributed by atoms with van der Waals surface area (Å²) >= 11 is 0. The summed E-state index contributed by atoms with van der Waals surface area (Å²) in [5.74, 6) is -0.426. The van der Waals surface area contributed by atoms with Gasteiger partial charge in [-0.3, -0.25) is 4.79 Å². The third-order valence-corrected chi connectivity index (χ3v) is 5.16. The first-order valence-corrected chi connectivity index (χ1v) is 9.09. The molecule has 2 aliphatic rings. The quantitative estimate of drug-likeness (QED) is 0.639. The second kappa shape index (κ2) is 7.22. The molecule has 0 unspecified atom stereocenters. The van der Waals surface area contributed by atoms with Crippen molar-refractivity contribution in [2.45, 2.75) is 25.4 Å². The van der Waals surface area contributed by atoms with E-state index in [1.165, 1.54) is 0 Å². The SMILES string of the molecule is O=C(Cc1ccc2c(c1)B(O)OCC2)c1cnc(N2CCC2)cc1C(F)(F)F. The molecule has 146 valence electrons. The molecule has 0 spiro atoms.